The van der Waals surface area contributed by atoms with Gasteiger partial charge in [0.2, 0.25) is 11.9 Å². The first-order valence-corrected chi connectivity index (χ1v) is 10.6. The highest BCUT2D eigenvalue weighted by molar-refractivity contribution is 5.73. The van der Waals surface area contributed by atoms with Gasteiger partial charge >= 0.3 is 0 Å². The predicted octanol–water partition coefficient (Wildman–Crippen LogP) is 4.04. The number of amides is 1. The molecule has 2 N–H and O–H groups in total. The number of hydrogen-bond donors (Lipinski definition) is 2. The van der Waals surface area contributed by atoms with Crippen LogP contribution >= 0.6 is 0 Å². The lowest BCUT2D eigenvalue weighted by Gasteiger charge is -2.13. The number of nitrogens with zero attached hydrogens (tertiary/aromatic N) is 2. The van der Waals surface area contributed by atoms with E-state index in [9.17, 15) is 4.79 Å². The minimum Gasteiger partial charge on any atom is -0.354 e. The molecule has 1 aliphatic carbocycles. The molecule has 0 radical (unpaired) electrons. The Hall–Kier alpha value is -3.65. The maximum atomic E-state index is 11.1. The number of aryl methyl sites for hydroxylation is 1. The number of rotatable bonds is 5. The zero-order chi connectivity index (χ0) is 21.6. The average Bonchev–Trinajstić information content (AvgIpc) is 3.16. The smallest absolute Gasteiger partial charge is 0.223 e. The Morgan fingerprint density at radius 2 is 1.77 bits per heavy atom. The lowest BCUT2D eigenvalue weighted by Crippen LogP contribution is -2.31. The Balaban J connectivity index is 1.35. The number of nitrogens with one attached hydrogen (secondary N) is 2. The second-order valence-corrected chi connectivity index (χ2v) is 7.98. The first-order valence-electron chi connectivity index (χ1n) is 10.6. The lowest BCUT2D eigenvalue weighted by molar-refractivity contribution is -0.119. The van der Waals surface area contributed by atoms with E-state index in [2.05, 4.69) is 56.7 Å². The van der Waals surface area contributed by atoms with Gasteiger partial charge in [-0.3, -0.25) is 4.79 Å². The molecule has 1 heterocycles. The minimum atomic E-state index is -0.00789. The zero-order valence-corrected chi connectivity index (χ0v) is 17.9. The third kappa shape index (κ3) is 5.49. The summed E-state index contributed by atoms with van der Waals surface area (Å²) in [6.07, 6.45) is 6.45. The summed E-state index contributed by atoms with van der Waals surface area (Å²) in [5.41, 5.74) is 5.61. The van der Waals surface area contributed by atoms with Gasteiger partial charge in [-0.15, -0.1) is 0 Å². The second kappa shape index (κ2) is 9.44. The van der Waals surface area contributed by atoms with E-state index >= 15 is 0 Å². The number of aromatic nitrogens is 2. The van der Waals surface area contributed by atoms with Crippen LogP contribution in [0.5, 0.6) is 0 Å². The van der Waals surface area contributed by atoms with E-state index in [4.69, 9.17) is 0 Å². The molecule has 1 aromatic heterocycles. The maximum Gasteiger partial charge on any atom is 0.223 e. The SMILES string of the molecule is CC(=O)NC(C)Cc1ccc(C#Cc2cnc(N[C@@H]3CCc4ccccc43)nc2)cc1. The molecule has 1 unspecified atom stereocenters. The zero-order valence-electron chi connectivity index (χ0n) is 17.9. The number of carbonyl (C=O) groups is 1. The van der Waals surface area contributed by atoms with Crippen molar-refractivity contribution in [1.82, 2.24) is 15.3 Å². The van der Waals surface area contributed by atoms with Gasteiger partial charge in [-0.1, -0.05) is 48.2 Å². The molecule has 0 bridgehead atoms. The molecule has 3 aromatic rings. The third-order valence-electron chi connectivity index (χ3n) is 5.38. The molecule has 0 saturated heterocycles. The Kier molecular flexibility index (Phi) is 6.28. The number of benzene rings is 2. The van der Waals surface area contributed by atoms with Crippen molar-refractivity contribution in [2.24, 2.45) is 0 Å². The number of hydrogen-bond acceptors (Lipinski definition) is 4. The van der Waals surface area contributed by atoms with Gasteiger partial charge in [-0.25, -0.2) is 9.97 Å². The molecule has 4 rings (SSSR count). The molecule has 2 aromatic carbocycles. The van der Waals surface area contributed by atoms with Crippen LogP contribution in [0, 0.1) is 11.8 Å². The summed E-state index contributed by atoms with van der Waals surface area (Å²) in [4.78, 5) is 20.0. The van der Waals surface area contributed by atoms with Gasteiger partial charge in [-0.2, -0.15) is 0 Å². The normalized spacial score (nSPS) is 15.4. The summed E-state index contributed by atoms with van der Waals surface area (Å²) < 4.78 is 0. The highest BCUT2D eigenvalue weighted by atomic mass is 16.1. The van der Waals surface area contributed by atoms with Gasteiger partial charge < -0.3 is 10.6 Å². The maximum absolute atomic E-state index is 11.1. The highest BCUT2D eigenvalue weighted by Gasteiger charge is 2.22. The Labute approximate surface area is 183 Å². The van der Waals surface area contributed by atoms with Crippen LogP contribution in [0.1, 0.15) is 54.1 Å². The summed E-state index contributed by atoms with van der Waals surface area (Å²) in [7, 11) is 0. The van der Waals surface area contributed by atoms with E-state index in [1.165, 1.54) is 23.6 Å². The van der Waals surface area contributed by atoms with Gasteiger partial charge in [-0.05, 0) is 55.0 Å². The van der Waals surface area contributed by atoms with Crippen LogP contribution < -0.4 is 10.6 Å². The van der Waals surface area contributed by atoms with Gasteiger partial charge in [0.1, 0.15) is 0 Å². The van der Waals surface area contributed by atoms with Crippen molar-refractivity contribution in [2.45, 2.75) is 45.2 Å². The monoisotopic (exact) mass is 410 g/mol. The summed E-state index contributed by atoms with van der Waals surface area (Å²) in [5, 5.41) is 6.33. The van der Waals surface area contributed by atoms with E-state index in [0.717, 1.165) is 30.4 Å². The molecule has 0 aliphatic heterocycles. The second-order valence-electron chi connectivity index (χ2n) is 7.98. The van der Waals surface area contributed by atoms with E-state index in [1.54, 1.807) is 12.4 Å². The highest BCUT2D eigenvalue weighted by Crippen LogP contribution is 2.32. The summed E-state index contributed by atoms with van der Waals surface area (Å²) in [6.45, 7) is 3.54. The van der Waals surface area contributed by atoms with Gasteiger partial charge in [0, 0.05) is 30.9 Å². The molecular weight excluding hydrogens is 384 g/mol. The quantitative estimate of drug-likeness (QED) is 0.623. The molecule has 5 heteroatoms. The fourth-order valence-corrected chi connectivity index (χ4v) is 3.95. The standard InChI is InChI=1S/C26H26N4O/c1-18(29-19(2)31)15-21-10-7-20(8-11-21)9-12-22-16-27-26(28-17-22)30-25-14-13-23-5-3-4-6-24(23)25/h3-8,10-11,16-18,25H,13-15H2,1-2H3,(H,29,31)(H,27,28,30)/t18?,25-/m1/s1. The van der Waals surface area contributed by atoms with Crippen LogP contribution in [0.3, 0.4) is 0 Å². The topological polar surface area (TPSA) is 66.9 Å². The van der Waals surface area contributed by atoms with Crippen LogP contribution in [0.25, 0.3) is 0 Å². The van der Waals surface area contributed by atoms with Gasteiger partial charge in [0.15, 0.2) is 0 Å². The van der Waals surface area contributed by atoms with Gasteiger partial charge in [0.25, 0.3) is 0 Å². The van der Waals surface area contributed by atoms with E-state index in [0.29, 0.717) is 5.95 Å². The summed E-state index contributed by atoms with van der Waals surface area (Å²) in [5.74, 6) is 6.90. The van der Waals surface area contributed by atoms with Crippen molar-refractivity contribution in [1.29, 1.82) is 0 Å². The van der Waals surface area contributed by atoms with Crippen LogP contribution in [0.4, 0.5) is 5.95 Å². The number of fused-ring (bicyclic) bond motifs is 1. The molecule has 0 spiro atoms. The first kappa shape index (κ1) is 20.6. The van der Waals surface area contributed by atoms with Crippen molar-refractivity contribution >= 4 is 11.9 Å². The average molecular weight is 411 g/mol. The summed E-state index contributed by atoms with van der Waals surface area (Å²) in [6, 6.07) is 17.0. The fraction of sp³-hybridized carbons (Fsp3) is 0.269. The van der Waals surface area contributed by atoms with Crippen molar-refractivity contribution in [2.75, 3.05) is 5.32 Å². The van der Waals surface area contributed by atoms with Crippen LogP contribution in [0.2, 0.25) is 0 Å². The Bertz CT molecular complexity index is 1110. The summed E-state index contributed by atoms with van der Waals surface area (Å²) >= 11 is 0. The van der Waals surface area contributed by atoms with Crippen LogP contribution in [-0.2, 0) is 17.6 Å². The lowest BCUT2D eigenvalue weighted by atomic mass is 10.1. The predicted molar refractivity (Wildman–Crippen MR) is 123 cm³/mol. The molecule has 31 heavy (non-hydrogen) atoms. The molecular formula is C26H26N4O. The van der Waals surface area contributed by atoms with E-state index < -0.39 is 0 Å². The van der Waals surface area contributed by atoms with Crippen molar-refractivity contribution in [3.63, 3.8) is 0 Å². The molecule has 0 fully saturated rings. The number of anilines is 1. The van der Waals surface area contributed by atoms with Crippen LogP contribution in [-0.4, -0.2) is 21.9 Å². The minimum absolute atomic E-state index is 0.00789. The largest absolute Gasteiger partial charge is 0.354 e. The molecule has 5 nitrogen and oxygen atoms in total. The molecule has 1 amide bonds. The Morgan fingerprint density at radius 1 is 1.06 bits per heavy atom. The Morgan fingerprint density at radius 3 is 2.52 bits per heavy atom. The first-order chi connectivity index (χ1) is 15.1. The van der Waals surface area contributed by atoms with Crippen molar-refractivity contribution < 1.29 is 4.79 Å². The molecule has 2 atom stereocenters. The van der Waals surface area contributed by atoms with Crippen molar-refractivity contribution in [3.8, 4) is 11.8 Å². The van der Waals surface area contributed by atoms with Crippen molar-refractivity contribution in [3.05, 3.63) is 88.7 Å². The van der Waals surface area contributed by atoms with E-state index in [-0.39, 0.29) is 18.0 Å². The van der Waals surface area contributed by atoms with Crippen LogP contribution in [0.15, 0.2) is 60.9 Å². The molecule has 1 aliphatic rings. The van der Waals surface area contributed by atoms with E-state index in [1.807, 2.05) is 31.2 Å². The molecule has 156 valence electrons. The fourth-order valence-electron chi connectivity index (χ4n) is 3.95. The molecule has 0 saturated carbocycles. The third-order valence-corrected chi connectivity index (χ3v) is 5.38. The number of carbonyl (C=O) groups excluding carboxylic acids is 1. The van der Waals surface area contributed by atoms with Gasteiger partial charge in [0.05, 0.1) is 11.6 Å².